The molecule has 1 aliphatic carbocycles. The Morgan fingerprint density at radius 3 is 2.95 bits per heavy atom. The second-order valence-corrected chi connectivity index (χ2v) is 6.01. The minimum Gasteiger partial charge on any atom is -0.472 e. The minimum absolute atomic E-state index is 0.0164. The summed E-state index contributed by atoms with van der Waals surface area (Å²) < 4.78 is 5.01. The maximum Gasteiger partial charge on any atom is 0.271 e. The Bertz CT molecular complexity index is 585. The van der Waals surface area contributed by atoms with Crippen molar-refractivity contribution in [2.75, 3.05) is 6.61 Å². The van der Waals surface area contributed by atoms with Crippen LogP contribution < -0.4 is 5.32 Å². The van der Waals surface area contributed by atoms with Crippen LogP contribution in [0.3, 0.4) is 0 Å². The van der Waals surface area contributed by atoms with Gasteiger partial charge in [0, 0.05) is 10.9 Å². The van der Waals surface area contributed by atoms with E-state index in [1.807, 2.05) is 6.07 Å². The van der Waals surface area contributed by atoms with Crippen LogP contribution in [-0.4, -0.2) is 28.1 Å². The van der Waals surface area contributed by atoms with Crippen molar-refractivity contribution in [1.82, 2.24) is 10.3 Å². The van der Waals surface area contributed by atoms with Gasteiger partial charge in [-0.1, -0.05) is 12.8 Å². The fourth-order valence-electron chi connectivity index (χ4n) is 2.58. The predicted molar refractivity (Wildman–Crippen MR) is 75.6 cm³/mol. The predicted octanol–water partition coefficient (Wildman–Crippen LogP) is 2.44. The van der Waals surface area contributed by atoms with Gasteiger partial charge in [-0.25, -0.2) is 4.98 Å². The van der Waals surface area contributed by atoms with Gasteiger partial charge < -0.3 is 14.8 Å². The Labute approximate surface area is 120 Å². The van der Waals surface area contributed by atoms with Gasteiger partial charge in [0.05, 0.1) is 18.4 Å². The molecule has 0 bridgehead atoms. The summed E-state index contributed by atoms with van der Waals surface area (Å²) in [5.41, 5.74) is 0.800. The zero-order chi connectivity index (χ0) is 14.0. The van der Waals surface area contributed by atoms with Crippen molar-refractivity contribution in [2.45, 2.75) is 31.2 Å². The molecule has 0 aliphatic heterocycles. The average molecular weight is 292 g/mol. The molecule has 1 fully saturated rings. The highest BCUT2D eigenvalue weighted by molar-refractivity contribution is 7.13. The summed E-state index contributed by atoms with van der Waals surface area (Å²) in [7, 11) is 0. The van der Waals surface area contributed by atoms with Crippen molar-refractivity contribution in [3.63, 3.8) is 0 Å². The first-order chi connectivity index (χ1) is 9.72. The average Bonchev–Trinajstić information content (AvgIpc) is 3.19. The van der Waals surface area contributed by atoms with Crippen LogP contribution >= 0.6 is 11.3 Å². The minimum atomic E-state index is -0.462. The molecule has 6 heteroatoms. The molecule has 1 aliphatic rings. The van der Waals surface area contributed by atoms with Gasteiger partial charge in [0.15, 0.2) is 0 Å². The number of nitrogens with zero attached hydrogens (tertiary/aromatic N) is 1. The van der Waals surface area contributed by atoms with Crippen LogP contribution in [-0.2, 0) is 0 Å². The van der Waals surface area contributed by atoms with E-state index in [1.54, 1.807) is 17.9 Å². The molecule has 106 valence electrons. The number of carbonyl (C=O) groups is 1. The Morgan fingerprint density at radius 2 is 2.30 bits per heavy atom. The van der Waals surface area contributed by atoms with Crippen LogP contribution in [0.25, 0.3) is 10.6 Å². The lowest BCUT2D eigenvalue weighted by atomic mass is 9.99. The van der Waals surface area contributed by atoms with E-state index in [0.29, 0.717) is 5.69 Å². The normalized spacial score (nSPS) is 17.2. The van der Waals surface area contributed by atoms with Crippen LogP contribution in [0.5, 0.6) is 0 Å². The molecule has 20 heavy (non-hydrogen) atoms. The first kappa shape index (κ1) is 13.3. The second kappa shape index (κ2) is 5.38. The molecular weight excluding hydrogens is 276 g/mol. The highest BCUT2D eigenvalue weighted by atomic mass is 32.1. The summed E-state index contributed by atoms with van der Waals surface area (Å²) in [6, 6.07) is 1.81. The Hall–Kier alpha value is -1.66. The molecule has 1 saturated carbocycles. The fourth-order valence-corrected chi connectivity index (χ4v) is 3.36. The van der Waals surface area contributed by atoms with Gasteiger partial charge in [-0.2, -0.15) is 0 Å². The molecule has 2 aromatic heterocycles. The largest absolute Gasteiger partial charge is 0.472 e. The number of carbonyl (C=O) groups excluding carboxylic acids is 1. The molecule has 1 amide bonds. The van der Waals surface area contributed by atoms with Gasteiger partial charge in [0.25, 0.3) is 5.91 Å². The summed E-state index contributed by atoms with van der Waals surface area (Å²) in [5, 5.41) is 15.0. The van der Waals surface area contributed by atoms with Crippen molar-refractivity contribution in [2.24, 2.45) is 0 Å². The lowest BCUT2D eigenvalue weighted by molar-refractivity contribution is 0.0834. The molecule has 3 rings (SSSR count). The summed E-state index contributed by atoms with van der Waals surface area (Å²) in [6.07, 6.45) is 6.92. The first-order valence-corrected chi connectivity index (χ1v) is 7.52. The third-order valence-electron chi connectivity index (χ3n) is 3.75. The number of aromatic nitrogens is 1. The highest BCUT2D eigenvalue weighted by Crippen LogP contribution is 2.30. The molecule has 0 radical (unpaired) electrons. The maximum atomic E-state index is 12.2. The van der Waals surface area contributed by atoms with Crippen molar-refractivity contribution >= 4 is 17.2 Å². The van der Waals surface area contributed by atoms with E-state index in [4.69, 9.17) is 4.42 Å². The molecule has 0 aromatic carbocycles. The van der Waals surface area contributed by atoms with Crippen molar-refractivity contribution < 1.29 is 14.3 Å². The van der Waals surface area contributed by atoms with E-state index in [2.05, 4.69) is 10.3 Å². The number of thiazole rings is 1. The van der Waals surface area contributed by atoms with Gasteiger partial charge in [-0.3, -0.25) is 4.79 Å². The van der Waals surface area contributed by atoms with E-state index in [9.17, 15) is 9.90 Å². The zero-order valence-electron chi connectivity index (χ0n) is 11.0. The van der Waals surface area contributed by atoms with E-state index in [0.717, 1.165) is 36.3 Å². The first-order valence-electron chi connectivity index (χ1n) is 6.64. The Morgan fingerprint density at radius 1 is 1.50 bits per heavy atom. The molecular formula is C14H16N2O3S. The number of hydrogen-bond acceptors (Lipinski definition) is 5. The maximum absolute atomic E-state index is 12.2. The van der Waals surface area contributed by atoms with Crippen LogP contribution in [0.15, 0.2) is 28.4 Å². The van der Waals surface area contributed by atoms with Gasteiger partial charge in [-0.05, 0) is 18.9 Å². The third-order valence-corrected chi connectivity index (χ3v) is 4.64. The highest BCUT2D eigenvalue weighted by Gasteiger charge is 2.35. The van der Waals surface area contributed by atoms with Crippen molar-refractivity contribution in [3.05, 3.63) is 29.7 Å². The van der Waals surface area contributed by atoms with Gasteiger partial charge >= 0.3 is 0 Å². The summed E-state index contributed by atoms with van der Waals surface area (Å²) >= 11 is 1.41. The molecule has 0 atom stereocenters. The van der Waals surface area contributed by atoms with Crippen molar-refractivity contribution in [1.29, 1.82) is 0 Å². The lowest BCUT2D eigenvalue weighted by Crippen LogP contribution is -2.49. The standard InChI is InChI=1S/C14H16N2O3S/c17-9-14(4-1-2-5-14)16-12(18)11-8-20-13(15-11)10-3-6-19-7-10/h3,6-8,17H,1-2,4-5,9H2,(H,16,18). The molecule has 2 N–H and O–H groups in total. The van der Waals surface area contributed by atoms with Crippen LogP contribution in [0.2, 0.25) is 0 Å². The smallest absolute Gasteiger partial charge is 0.271 e. The molecule has 5 nitrogen and oxygen atoms in total. The molecule has 0 spiro atoms. The molecule has 0 saturated heterocycles. The summed E-state index contributed by atoms with van der Waals surface area (Å²) in [6.45, 7) is -0.0164. The summed E-state index contributed by atoms with van der Waals surface area (Å²) in [4.78, 5) is 16.6. The Balaban J connectivity index is 1.74. The zero-order valence-corrected chi connectivity index (χ0v) is 11.8. The number of nitrogens with one attached hydrogen (secondary N) is 1. The second-order valence-electron chi connectivity index (χ2n) is 5.15. The number of aliphatic hydroxyl groups excluding tert-OH is 1. The monoisotopic (exact) mass is 292 g/mol. The quantitative estimate of drug-likeness (QED) is 0.907. The van der Waals surface area contributed by atoms with Crippen LogP contribution in [0.4, 0.5) is 0 Å². The number of rotatable bonds is 4. The van der Waals surface area contributed by atoms with Crippen LogP contribution in [0.1, 0.15) is 36.2 Å². The van der Waals surface area contributed by atoms with Gasteiger partial charge in [0.2, 0.25) is 0 Å². The SMILES string of the molecule is O=C(NC1(CO)CCCC1)c1csc(-c2ccoc2)n1. The number of furan rings is 1. The third kappa shape index (κ3) is 2.48. The van der Waals surface area contributed by atoms with E-state index in [-0.39, 0.29) is 12.5 Å². The van der Waals surface area contributed by atoms with E-state index < -0.39 is 5.54 Å². The Kier molecular flexibility index (Phi) is 3.58. The number of amides is 1. The van der Waals surface area contributed by atoms with E-state index >= 15 is 0 Å². The molecule has 2 aromatic rings. The number of hydrogen-bond donors (Lipinski definition) is 2. The molecule has 0 unspecified atom stereocenters. The molecule has 2 heterocycles. The lowest BCUT2D eigenvalue weighted by Gasteiger charge is -2.27. The van der Waals surface area contributed by atoms with Gasteiger partial charge in [-0.15, -0.1) is 11.3 Å². The fraction of sp³-hybridized carbons (Fsp3) is 0.429. The van der Waals surface area contributed by atoms with Crippen LogP contribution in [0, 0.1) is 0 Å². The summed E-state index contributed by atoms with van der Waals surface area (Å²) in [5.74, 6) is -0.216. The topological polar surface area (TPSA) is 75.4 Å². The van der Waals surface area contributed by atoms with Gasteiger partial charge in [0.1, 0.15) is 17.0 Å². The van der Waals surface area contributed by atoms with Crippen molar-refractivity contribution in [3.8, 4) is 10.6 Å². The number of aliphatic hydroxyl groups is 1. The van der Waals surface area contributed by atoms with E-state index in [1.165, 1.54) is 11.3 Å².